The first-order chi connectivity index (χ1) is 6.77. The van der Waals surface area contributed by atoms with Crippen LogP contribution in [0.5, 0.6) is 5.75 Å². The molecule has 0 saturated heterocycles. The maximum Gasteiger partial charge on any atom is 0.164 e. The molecule has 0 fully saturated rings. The topological polar surface area (TPSA) is 26.3 Å². The fourth-order valence-electron chi connectivity index (χ4n) is 2.22. The fraction of sp³-hybridized carbons (Fsp3) is 0.364. The van der Waals surface area contributed by atoms with E-state index in [1.807, 2.05) is 0 Å². The number of aryl methyl sites for hydroxylation is 1. The van der Waals surface area contributed by atoms with Crippen molar-refractivity contribution in [2.75, 3.05) is 6.61 Å². The van der Waals surface area contributed by atoms with Gasteiger partial charge in [0.15, 0.2) is 5.78 Å². The van der Waals surface area contributed by atoms with Crippen LogP contribution < -0.4 is 4.74 Å². The van der Waals surface area contributed by atoms with E-state index in [0.29, 0.717) is 6.42 Å². The number of hydrogen-bond acceptors (Lipinski definition) is 2. The molecule has 1 heterocycles. The molecular formula is C11H9BrO2. The number of rotatable bonds is 0. The van der Waals surface area contributed by atoms with Crippen LogP contribution in [-0.2, 0) is 12.8 Å². The van der Waals surface area contributed by atoms with E-state index in [1.165, 1.54) is 11.1 Å². The lowest BCUT2D eigenvalue weighted by Crippen LogP contribution is -1.95. The summed E-state index contributed by atoms with van der Waals surface area (Å²) in [6.45, 7) is 0.741. The van der Waals surface area contributed by atoms with Gasteiger partial charge in [0, 0.05) is 18.4 Å². The predicted molar refractivity (Wildman–Crippen MR) is 56.0 cm³/mol. The van der Waals surface area contributed by atoms with Crippen LogP contribution in [0, 0.1) is 0 Å². The third kappa shape index (κ3) is 0.989. The molecule has 0 N–H and O–H groups in total. The number of ether oxygens (including phenoxy) is 1. The minimum atomic E-state index is 0.241. The van der Waals surface area contributed by atoms with Gasteiger partial charge in [-0.2, -0.15) is 0 Å². The Hall–Kier alpha value is -0.830. The molecule has 0 radical (unpaired) electrons. The second-order valence-corrected chi connectivity index (χ2v) is 4.53. The third-order valence-electron chi connectivity index (χ3n) is 2.90. The third-order valence-corrected chi connectivity index (χ3v) is 3.65. The largest absolute Gasteiger partial charge is 0.492 e. The summed E-state index contributed by atoms with van der Waals surface area (Å²) in [5.74, 6) is 1.13. The van der Waals surface area contributed by atoms with Crippen LogP contribution in [0.3, 0.4) is 0 Å². The SMILES string of the molecule is O=C1CCc2cc3c(c(Br)c21)OCC3. The molecule has 2 aliphatic rings. The van der Waals surface area contributed by atoms with Gasteiger partial charge < -0.3 is 4.74 Å². The Labute approximate surface area is 90.4 Å². The average Bonchev–Trinajstić information content (AvgIpc) is 2.74. The van der Waals surface area contributed by atoms with E-state index in [-0.39, 0.29) is 5.78 Å². The van der Waals surface area contributed by atoms with Gasteiger partial charge in [0.2, 0.25) is 0 Å². The van der Waals surface area contributed by atoms with E-state index < -0.39 is 0 Å². The average molecular weight is 253 g/mol. The van der Waals surface area contributed by atoms with Crippen molar-refractivity contribution in [1.82, 2.24) is 0 Å². The Morgan fingerprint density at radius 3 is 2.93 bits per heavy atom. The number of halogens is 1. The summed E-state index contributed by atoms with van der Waals surface area (Å²) >= 11 is 3.48. The lowest BCUT2D eigenvalue weighted by molar-refractivity contribution is 0.0993. The molecule has 3 rings (SSSR count). The molecule has 72 valence electrons. The standard InChI is InChI=1S/C11H9BrO2/c12-10-9-6(1-2-8(9)13)5-7-3-4-14-11(7)10/h5H,1-4H2. The van der Waals surface area contributed by atoms with E-state index in [9.17, 15) is 4.79 Å². The lowest BCUT2D eigenvalue weighted by atomic mass is 10.0. The quantitative estimate of drug-likeness (QED) is 0.710. The highest BCUT2D eigenvalue weighted by molar-refractivity contribution is 9.10. The second-order valence-electron chi connectivity index (χ2n) is 3.73. The van der Waals surface area contributed by atoms with Gasteiger partial charge in [-0.15, -0.1) is 0 Å². The predicted octanol–water partition coefficient (Wildman–Crippen LogP) is 2.51. The first-order valence-electron chi connectivity index (χ1n) is 4.77. The summed E-state index contributed by atoms with van der Waals surface area (Å²) in [6.07, 6.45) is 2.51. The molecule has 0 amide bonds. The van der Waals surface area contributed by atoms with Crippen LogP contribution in [0.1, 0.15) is 27.9 Å². The number of carbonyl (C=O) groups is 1. The van der Waals surface area contributed by atoms with Crippen molar-refractivity contribution in [3.63, 3.8) is 0 Å². The smallest absolute Gasteiger partial charge is 0.164 e. The summed E-state index contributed by atoms with van der Waals surface area (Å²) < 4.78 is 6.38. The van der Waals surface area contributed by atoms with Crippen molar-refractivity contribution in [2.24, 2.45) is 0 Å². The number of benzene rings is 1. The van der Waals surface area contributed by atoms with Crippen LogP contribution in [0.2, 0.25) is 0 Å². The summed E-state index contributed by atoms with van der Waals surface area (Å²) in [5.41, 5.74) is 3.28. The van der Waals surface area contributed by atoms with Gasteiger partial charge in [0.25, 0.3) is 0 Å². The highest BCUT2D eigenvalue weighted by Crippen LogP contribution is 2.41. The number of fused-ring (bicyclic) bond motifs is 2. The van der Waals surface area contributed by atoms with Crippen molar-refractivity contribution in [3.8, 4) is 5.75 Å². The van der Waals surface area contributed by atoms with Crippen LogP contribution >= 0.6 is 15.9 Å². The van der Waals surface area contributed by atoms with Crippen LogP contribution in [0.25, 0.3) is 0 Å². The second kappa shape index (κ2) is 2.83. The first-order valence-corrected chi connectivity index (χ1v) is 5.57. The van der Waals surface area contributed by atoms with Gasteiger partial charge in [-0.3, -0.25) is 4.79 Å². The molecule has 0 aromatic heterocycles. The van der Waals surface area contributed by atoms with E-state index in [0.717, 1.165) is 35.2 Å². The highest BCUT2D eigenvalue weighted by atomic mass is 79.9. The van der Waals surface area contributed by atoms with Crippen LogP contribution in [-0.4, -0.2) is 12.4 Å². The molecule has 0 atom stereocenters. The van der Waals surface area contributed by atoms with Crippen molar-refractivity contribution in [3.05, 3.63) is 27.2 Å². The molecule has 14 heavy (non-hydrogen) atoms. The number of ketones is 1. The molecule has 1 aliphatic carbocycles. The summed E-state index contributed by atoms with van der Waals surface area (Å²) in [4.78, 5) is 11.6. The Morgan fingerprint density at radius 2 is 2.07 bits per heavy atom. The minimum Gasteiger partial charge on any atom is -0.492 e. The first kappa shape index (κ1) is 8.48. The number of carbonyl (C=O) groups excluding carboxylic acids is 1. The zero-order valence-electron chi connectivity index (χ0n) is 7.60. The number of Topliss-reactive ketones (excluding diaryl/α,β-unsaturated/α-hetero) is 1. The maximum atomic E-state index is 11.6. The fourth-order valence-corrected chi connectivity index (χ4v) is 3.07. The van der Waals surface area contributed by atoms with E-state index >= 15 is 0 Å². The van der Waals surface area contributed by atoms with Crippen molar-refractivity contribution < 1.29 is 9.53 Å². The molecule has 3 heteroatoms. The molecule has 0 bridgehead atoms. The van der Waals surface area contributed by atoms with Gasteiger partial charge >= 0.3 is 0 Å². The van der Waals surface area contributed by atoms with E-state index in [4.69, 9.17) is 4.74 Å². The van der Waals surface area contributed by atoms with Gasteiger partial charge in [-0.05, 0) is 33.5 Å². The summed E-state index contributed by atoms with van der Waals surface area (Å²) in [7, 11) is 0. The summed E-state index contributed by atoms with van der Waals surface area (Å²) in [5, 5.41) is 0. The summed E-state index contributed by atoms with van der Waals surface area (Å²) in [6, 6.07) is 2.13. The Balaban J connectivity index is 2.30. The molecule has 1 aromatic carbocycles. The van der Waals surface area contributed by atoms with Gasteiger partial charge in [0.05, 0.1) is 11.1 Å². The molecule has 1 aliphatic heterocycles. The minimum absolute atomic E-state index is 0.241. The Kier molecular flexibility index (Phi) is 1.71. The zero-order valence-corrected chi connectivity index (χ0v) is 9.19. The molecule has 2 nitrogen and oxygen atoms in total. The van der Waals surface area contributed by atoms with Gasteiger partial charge in [0.1, 0.15) is 5.75 Å². The maximum absolute atomic E-state index is 11.6. The molecule has 0 saturated carbocycles. The zero-order chi connectivity index (χ0) is 9.71. The normalized spacial score (nSPS) is 17.9. The van der Waals surface area contributed by atoms with Crippen LogP contribution in [0.4, 0.5) is 0 Å². The Morgan fingerprint density at radius 1 is 1.21 bits per heavy atom. The van der Waals surface area contributed by atoms with Gasteiger partial charge in [-0.1, -0.05) is 6.07 Å². The van der Waals surface area contributed by atoms with Gasteiger partial charge in [-0.25, -0.2) is 0 Å². The van der Waals surface area contributed by atoms with Crippen LogP contribution in [0.15, 0.2) is 10.5 Å². The molecular weight excluding hydrogens is 244 g/mol. The molecule has 0 spiro atoms. The number of hydrogen-bond donors (Lipinski definition) is 0. The molecule has 1 aromatic rings. The lowest BCUT2D eigenvalue weighted by Gasteiger charge is -2.07. The van der Waals surface area contributed by atoms with Crippen molar-refractivity contribution >= 4 is 21.7 Å². The highest BCUT2D eigenvalue weighted by Gasteiger charge is 2.28. The van der Waals surface area contributed by atoms with Crippen molar-refractivity contribution in [2.45, 2.75) is 19.3 Å². The van der Waals surface area contributed by atoms with E-state index in [1.54, 1.807) is 0 Å². The van der Waals surface area contributed by atoms with Crippen molar-refractivity contribution in [1.29, 1.82) is 0 Å². The monoisotopic (exact) mass is 252 g/mol. The van der Waals surface area contributed by atoms with E-state index in [2.05, 4.69) is 22.0 Å². The Bertz CT molecular complexity index is 437. The molecule has 0 unspecified atom stereocenters.